The average molecular weight is 364 g/mol. The van der Waals surface area contributed by atoms with Crippen molar-refractivity contribution in [1.82, 2.24) is 15.0 Å². The number of nitrogens with one attached hydrogen (secondary N) is 1. The van der Waals surface area contributed by atoms with Gasteiger partial charge in [-0.25, -0.2) is 4.68 Å². The summed E-state index contributed by atoms with van der Waals surface area (Å²) in [4.78, 5) is 24.3. The van der Waals surface area contributed by atoms with E-state index in [9.17, 15) is 22.8 Å². The van der Waals surface area contributed by atoms with Gasteiger partial charge in [-0.1, -0.05) is 17.3 Å². The zero-order valence-corrected chi connectivity index (χ0v) is 13.0. The minimum Gasteiger partial charge on any atom is -0.406 e. The first-order chi connectivity index (χ1) is 12.3. The Morgan fingerprint density at radius 1 is 1.12 bits per heavy atom. The molecule has 134 valence electrons. The maximum absolute atomic E-state index is 12.3. The van der Waals surface area contributed by atoms with E-state index in [0.29, 0.717) is 10.9 Å². The fourth-order valence-corrected chi connectivity index (χ4v) is 2.20. The Morgan fingerprint density at radius 3 is 2.50 bits per heavy atom. The van der Waals surface area contributed by atoms with Crippen molar-refractivity contribution in [2.45, 2.75) is 12.9 Å². The van der Waals surface area contributed by atoms with Crippen LogP contribution in [0.1, 0.15) is 0 Å². The van der Waals surface area contributed by atoms with Crippen LogP contribution in [-0.4, -0.2) is 27.3 Å². The maximum atomic E-state index is 12.3. The molecule has 3 aromatic rings. The summed E-state index contributed by atoms with van der Waals surface area (Å²) in [6, 6.07) is 11.2. The lowest BCUT2D eigenvalue weighted by atomic mass is 10.2. The third kappa shape index (κ3) is 4.15. The molecule has 0 aliphatic heterocycles. The standard InChI is InChI=1S/C16H11F3N4O3/c17-16(18,19)26-11-7-5-10(6-8-11)20-14(24)9-23-15(25)12-3-1-2-4-13(12)21-22-23/h1-8H,9H2,(H,20,24). The zero-order valence-electron chi connectivity index (χ0n) is 13.0. The number of carbonyl (C=O) groups excluding carboxylic acids is 1. The molecule has 1 heterocycles. The molecule has 2 aromatic carbocycles. The molecule has 26 heavy (non-hydrogen) atoms. The molecule has 0 atom stereocenters. The first-order valence-corrected chi connectivity index (χ1v) is 7.30. The zero-order chi connectivity index (χ0) is 18.7. The van der Waals surface area contributed by atoms with Gasteiger partial charge in [-0.05, 0) is 36.4 Å². The number of alkyl halides is 3. The predicted molar refractivity (Wildman–Crippen MR) is 85.6 cm³/mol. The summed E-state index contributed by atoms with van der Waals surface area (Å²) in [5.41, 5.74) is 0.181. The van der Waals surface area contributed by atoms with Gasteiger partial charge in [-0.2, -0.15) is 0 Å². The minimum absolute atomic E-state index is 0.242. The number of carbonyl (C=O) groups is 1. The Bertz CT molecular complexity index is 1000. The van der Waals surface area contributed by atoms with E-state index in [1.165, 1.54) is 12.1 Å². The summed E-state index contributed by atoms with van der Waals surface area (Å²) in [5, 5.41) is 10.3. The Morgan fingerprint density at radius 2 is 1.81 bits per heavy atom. The van der Waals surface area contributed by atoms with Gasteiger partial charge in [-0.3, -0.25) is 9.59 Å². The highest BCUT2D eigenvalue weighted by Gasteiger charge is 2.30. The van der Waals surface area contributed by atoms with Crippen LogP contribution in [0.15, 0.2) is 53.3 Å². The average Bonchev–Trinajstić information content (AvgIpc) is 2.58. The van der Waals surface area contributed by atoms with Crippen molar-refractivity contribution in [2.75, 3.05) is 5.32 Å². The number of hydrogen-bond acceptors (Lipinski definition) is 5. The Kier molecular flexibility index (Phi) is 4.57. The Hall–Kier alpha value is -3.43. The normalized spacial score (nSPS) is 11.3. The molecule has 0 saturated heterocycles. The highest BCUT2D eigenvalue weighted by atomic mass is 19.4. The summed E-state index contributed by atoms with van der Waals surface area (Å²) in [6.07, 6.45) is -4.79. The molecule has 1 amide bonds. The summed E-state index contributed by atoms with van der Waals surface area (Å²) in [6.45, 7) is -0.391. The number of anilines is 1. The van der Waals surface area contributed by atoms with E-state index >= 15 is 0 Å². The summed E-state index contributed by atoms with van der Waals surface area (Å²) < 4.78 is 41.0. The third-order valence-corrected chi connectivity index (χ3v) is 3.29. The van der Waals surface area contributed by atoms with Gasteiger partial charge < -0.3 is 10.1 Å². The summed E-state index contributed by atoms with van der Waals surface area (Å²) in [7, 11) is 0. The molecule has 0 bridgehead atoms. The van der Waals surface area contributed by atoms with Crippen molar-refractivity contribution in [3.8, 4) is 5.75 Å². The molecule has 0 saturated carbocycles. The number of nitrogens with zero attached hydrogens (tertiary/aromatic N) is 3. The topological polar surface area (TPSA) is 86.1 Å². The maximum Gasteiger partial charge on any atom is 0.573 e. The van der Waals surface area contributed by atoms with Crippen LogP contribution in [0.3, 0.4) is 0 Å². The van der Waals surface area contributed by atoms with Crippen molar-refractivity contribution in [1.29, 1.82) is 0 Å². The van der Waals surface area contributed by atoms with Gasteiger partial charge in [0, 0.05) is 5.69 Å². The van der Waals surface area contributed by atoms with Crippen LogP contribution >= 0.6 is 0 Å². The molecule has 1 N–H and O–H groups in total. The largest absolute Gasteiger partial charge is 0.573 e. The summed E-state index contributed by atoms with van der Waals surface area (Å²) >= 11 is 0. The lowest BCUT2D eigenvalue weighted by Gasteiger charge is -2.10. The van der Waals surface area contributed by atoms with E-state index in [-0.39, 0.29) is 5.69 Å². The lowest BCUT2D eigenvalue weighted by molar-refractivity contribution is -0.274. The van der Waals surface area contributed by atoms with Crippen LogP contribution in [-0.2, 0) is 11.3 Å². The minimum atomic E-state index is -4.79. The fraction of sp³-hybridized carbons (Fsp3) is 0.125. The molecule has 0 aliphatic carbocycles. The number of halogens is 3. The van der Waals surface area contributed by atoms with Crippen molar-refractivity contribution in [3.63, 3.8) is 0 Å². The highest BCUT2D eigenvalue weighted by Crippen LogP contribution is 2.23. The molecule has 10 heteroatoms. The van der Waals surface area contributed by atoms with Gasteiger partial charge >= 0.3 is 6.36 Å². The first kappa shape index (κ1) is 17.4. The van der Waals surface area contributed by atoms with E-state index in [1.807, 2.05) is 0 Å². The van der Waals surface area contributed by atoms with Crippen LogP contribution in [0.25, 0.3) is 10.9 Å². The number of ether oxygens (including phenoxy) is 1. The van der Waals surface area contributed by atoms with Crippen LogP contribution < -0.4 is 15.6 Å². The van der Waals surface area contributed by atoms with E-state index in [4.69, 9.17) is 0 Å². The molecule has 1 aromatic heterocycles. The summed E-state index contributed by atoms with van der Waals surface area (Å²) in [5.74, 6) is -0.992. The van der Waals surface area contributed by atoms with Crippen molar-refractivity contribution in [3.05, 3.63) is 58.9 Å². The molecule has 0 aliphatic rings. The van der Waals surface area contributed by atoms with Crippen LogP contribution in [0.4, 0.5) is 18.9 Å². The van der Waals surface area contributed by atoms with Gasteiger partial charge in [0.05, 0.1) is 5.39 Å². The second kappa shape index (κ2) is 6.82. The molecule has 0 radical (unpaired) electrons. The van der Waals surface area contributed by atoms with Crippen molar-refractivity contribution in [2.24, 2.45) is 0 Å². The van der Waals surface area contributed by atoms with Crippen molar-refractivity contribution < 1.29 is 22.7 Å². The number of amides is 1. The molecule has 3 rings (SSSR count). The van der Waals surface area contributed by atoms with Crippen molar-refractivity contribution >= 4 is 22.5 Å². The SMILES string of the molecule is O=C(Cn1nnc2ccccc2c1=O)Nc1ccc(OC(F)(F)F)cc1. The third-order valence-electron chi connectivity index (χ3n) is 3.29. The van der Waals surface area contributed by atoms with Crippen LogP contribution in [0.2, 0.25) is 0 Å². The van der Waals surface area contributed by atoms with Crippen LogP contribution in [0.5, 0.6) is 5.75 Å². The van der Waals surface area contributed by atoms with Gasteiger partial charge in [0.25, 0.3) is 5.56 Å². The lowest BCUT2D eigenvalue weighted by Crippen LogP contribution is -2.30. The van der Waals surface area contributed by atoms with Gasteiger partial charge in [-0.15, -0.1) is 18.3 Å². The van der Waals surface area contributed by atoms with Gasteiger partial charge in [0.15, 0.2) is 0 Å². The second-order valence-electron chi connectivity index (χ2n) is 5.19. The fourth-order valence-electron chi connectivity index (χ4n) is 2.20. The number of hydrogen-bond donors (Lipinski definition) is 1. The Labute approximate surface area is 144 Å². The van der Waals surface area contributed by atoms with E-state index in [2.05, 4.69) is 20.4 Å². The first-order valence-electron chi connectivity index (χ1n) is 7.30. The number of benzene rings is 2. The van der Waals surface area contributed by atoms with Gasteiger partial charge in [0.1, 0.15) is 17.8 Å². The van der Waals surface area contributed by atoms with E-state index in [1.54, 1.807) is 24.3 Å². The molecular formula is C16H11F3N4O3. The molecule has 0 unspecified atom stereocenters. The molecular weight excluding hydrogens is 353 g/mol. The van der Waals surface area contributed by atoms with E-state index < -0.39 is 30.1 Å². The monoisotopic (exact) mass is 364 g/mol. The molecule has 0 fully saturated rings. The smallest absolute Gasteiger partial charge is 0.406 e. The number of rotatable bonds is 4. The second-order valence-corrected chi connectivity index (χ2v) is 5.19. The highest BCUT2D eigenvalue weighted by molar-refractivity contribution is 5.90. The number of aromatic nitrogens is 3. The molecule has 7 nitrogen and oxygen atoms in total. The number of fused-ring (bicyclic) bond motifs is 1. The Balaban J connectivity index is 1.69. The van der Waals surface area contributed by atoms with E-state index in [0.717, 1.165) is 16.8 Å². The quantitative estimate of drug-likeness (QED) is 0.768. The predicted octanol–water partition coefficient (Wildman–Crippen LogP) is 2.33. The van der Waals surface area contributed by atoms with Gasteiger partial charge in [0.2, 0.25) is 5.91 Å². The molecule has 0 spiro atoms. The van der Waals surface area contributed by atoms with Crippen LogP contribution in [0, 0.1) is 0 Å².